The van der Waals surface area contributed by atoms with Crippen molar-refractivity contribution in [3.8, 4) is 67.5 Å². The number of fused-ring (bicyclic) bond motifs is 1. The van der Waals surface area contributed by atoms with Gasteiger partial charge in [-0.1, -0.05) is 148 Å². The van der Waals surface area contributed by atoms with Gasteiger partial charge in [0.05, 0.1) is 28.0 Å². The zero-order valence-electron chi connectivity index (χ0n) is 48.6. The first-order chi connectivity index (χ1) is 34.2. The van der Waals surface area contributed by atoms with Crippen molar-refractivity contribution >= 4 is 11.0 Å². The number of aromatic hydroxyl groups is 1. The monoisotopic (exact) mass is 815 g/mol. The van der Waals surface area contributed by atoms with Gasteiger partial charge < -0.3 is 5.11 Å². The van der Waals surface area contributed by atoms with Crippen molar-refractivity contribution in [1.29, 1.82) is 0 Å². The van der Waals surface area contributed by atoms with Crippen molar-refractivity contribution in [3.63, 3.8) is 0 Å². The number of hydrogen-bond acceptors (Lipinski definition) is 3. The minimum atomic E-state index is -3.39. The van der Waals surface area contributed by atoms with Crippen LogP contribution in [-0.2, 0) is 10.8 Å². The number of phenolic OH excluding ortho intramolecular Hbond substituents is 1. The Kier molecular flexibility index (Phi) is 7.41. The number of rotatable bonds is 8. The van der Waals surface area contributed by atoms with E-state index in [4.69, 9.17) is 27.8 Å². The summed E-state index contributed by atoms with van der Waals surface area (Å²) in [5.41, 5.74) is 6.45. The lowest BCUT2D eigenvalue weighted by molar-refractivity contribution is 0.477. The molecule has 0 radical (unpaired) electrons. The largest absolute Gasteiger partial charge is 0.507 e. The molecule has 8 rings (SSSR count). The second kappa shape index (κ2) is 16.0. The molecule has 0 atom stereocenters. The van der Waals surface area contributed by atoms with Gasteiger partial charge >= 0.3 is 0 Å². The second-order valence-corrected chi connectivity index (χ2v) is 17.5. The summed E-state index contributed by atoms with van der Waals surface area (Å²) in [4.78, 5) is 10.0. The molecule has 0 saturated heterocycles. The lowest BCUT2D eigenvalue weighted by Gasteiger charge is -2.22. The molecule has 0 bridgehead atoms. The molecule has 0 fully saturated rings. The molecule has 8 aromatic rings. The summed E-state index contributed by atoms with van der Waals surface area (Å²) in [5, 5.41) is 11.4. The highest BCUT2D eigenvalue weighted by atomic mass is 16.3. The number of phenols is 1. The topological polar surface area (TPSA) is 50.9 Å². The molecule has 0 amide bonds. The number of para-hydroxylation sites is 2. The molecule has 0 aliphatic carbocycles. The van der Waals surface area contributed by atoms with Gasteiger partial charge in [0, 0.05) is 35.1 Å². The fraction of sp³-hybridized carbons (Fsp3) is 0.263. The maximum Gasteiger partial charge on any atom is 0.149 e. The van der Waals surface area contributed by atoms with Crippen LogP contribution in [0.3, 0.4) is 0 Å². The molecule has 0 unspecified atom stereocenters. The summed E-state index contributed by atoms with van der Waals surface area (Å²) in [5.74, 6) is -0.456. The number of imidazole rings is 1. The zero-order chi connectivity index (χ0) is 54.3. The third kappa shape index (κ3) is 8.29. The molecule has 308 valence electrons. The fourth-order valence-corrected chi connectivity index (χ4v) is 7.82. The van der Waals surface area contributed by atoms with E-state index in [1.54, 1.807) is 53.2 Å². The van der Waals surface area contributed by atoms with Crippen LogP contribution in [0.25, 0.3) is 72.7 Å². The van der Waals surface area contributed by atoms with E-state index < -0.39 is 38.7 Å². The van der Waals surface area contributed by atoms with E-state index in [0.717, 1.165) is 38.9 Å². The van der Waals surface area contributed by atoms with E-state index in [2.05, 4.69) is 52.8 Å². The molecular formula is C57H59N3O. The van der Waals surface area contributed by atoms with Gasteiger partial charge in [-0.25, -0.2) is 4.98 Å². The first-order valence-electron chi connectivity index (χ1n) is 27.1. The van der Waals surface area contributed by atoms with Gasteiger partial charge in [-0.2, -0.15) is 0 Å². The van der Waals surface area contributed by atoms with E-state index in [0.29, 0.717) is 50.5 Å². The molecule has 2 heterocycles. The van der Waals surface area contributed by atoms with E-state index in [-0.39, 0.29) is 28.2 Å². The Morgan fingerprint density at radius 2 is 1.31 bits per heavy atom. The third-order valence-corrected chi connectivity index (χ3v) is 11.4. The quantitative estimate of drug-likeness (QED) is 0.166. The molecule has 0 spiro atoms. The summed E-state index contributed by atoms with van der Waals surface area (Å²) in [6.45, 7) is 1.35. The van der Waals surface area contributed by atoms with Gasteiger partial charge in [-0.05, 0) is 140 Å². The van der Waals surface area contributed by atoms with Gasteiger partial charge in [0.15, 0.2) is 0 Å². The maximum atomic E-state index is 11.4. The lowest BCUT2D eigenvalue weighted by Crippen LogP contribution is -2.11. The van der Waals surface area contributed by atoms with Gasteiger partial charge in [0.2, 0.25) is 0 Å². The highest BCUT2D eigenvalue weighted by Gasteiger charge is 2.23. The van der Waals surface area contributed by atoms with Crippen LogP contribution in [0.5, 0.6) is 5.75 Å². The average Bonchev–Trinajstić information content (AvgIpc) is 3.69. The highest BCUT2D eigenvalue weighted by Crippen LogP contribution is 2.41. The van der Waals surface area contributed by atoms with Crippen molar-refractivity contribution in [1.82, 2.24) is 14.5 Å². The van der Waals surface area contributed by atoms with Crippen molar-refractivity contribution in [2.75, 3.05) is 0 Å². The first-order valence-corrected chi connectivity index (χ1v) is 20.6. The Hall–Kier alpha value is -6.26. The third-order valence-electron chi connectivity index (χ3n) is 11.4. The van der Waals surface area contributed by atoms with Crippen LogP contribution in [0.4, 0.5) is 0 Å². The van der Waals surface area contributed by atoms with Crippen molar-refractivity contribution < 1.29 is 22.9 Å². The van der Waals surface area contributed by atoms with Crippen molar-refractivity contribution in [2.24, 2.45) is 0 Å². The molecule has 0 aliphatic heterocycles. The summed E-state index contributed by atoms with van der Waals surface area (Å²) < 4.78 is 111. The van der Waals surface area contributed by atoms with E-state index in [1.807, 2.05) is 62.4 Å². The molecule has 4 heteroatoms. The maximum absolute atomic E-state index is 11.4. The minimum Gasteiger partial charge on any atom is -0.507 e. The Morgan fingerprint density at radius 3 is 2.02 bits per heavy atom. The van der Waals surface area contributed by atoms with E-state index in [1.165, 1.54) is 24.3 Å². The van der Waals surface area contributed by atoms with Crippen LogP contribution in [-0.4, -0.2) is 19.6 Å². The number of aryl methyl sites for hydroxylation is 1. The van der Waals surface area contributed by atoms with Crippen molar-refractivity contribution in [2.45, 2.75) is 98.5 Å². The van der Waals surface area contributed by atoms with Crippen LogP contribution in [0, 0.1) is 6.85 Å². The lowest BCUT2D eigenvalue weighted by atomic mass is 9.83. The van der Waals surface area contributed by atoms with E-state index in [9.17, 15) is 5.11 Å². The molecule has 0 saturated carbocycles. The van der Waals surface area contributed by atoms with Gasteiger partial charge in [-0.3, -0.25) is 9.55 Å². The van der Waals surface area contributed by atoms with Gasteiger partial charge in [0.25, 0.3) is 0 Å². The zero-order valence-corrected chi connectivity index (χ0v) is 35.6. The second-order valence-electron chi connectivity index (χ2n) is 17.5. The Bertz CT molecular complexity index is 3370. The van der Waals surface area contributed by atoms with E-state index >= 15 is 0 Å². The molecule has 2 aromatic heterocycles. The molecule has 4 nitrogen and oxygen atoms in total. The molecule has 61 heavy (non-hydrogen) atoms. The summed E-state index contributed by atoms with van der Waals surface area (Å²) >= 11 is 0. The highest BCUT2D eigenvalue weighted by molar-refractivity contribution is 5.97. The number of pyridine rings is 1. The Labute approximate surface area is 381 Å². The smallest absolute Gasteiger partial charge is 0.149 e. The van der Waals surface area contributed by atoms with Crippen LogP contribution in [0.1, 0.15) is 126 Å². The van der Waals surface area contributed by atoms with Crippen LogP contribution >= 0.6 is 0 Å². The van der Waals surface area contributed by atoms with Crippen LogP contribution < -0.4 is 0 Å². The predicted octanol–water partition coefficient (Wildman–Crippen LogP) is 15.6. The minimum absolute atomic E-state index is 0.0440. The first kappa shape index (κ1) is 28.3. The fourth-order valence-electron chi connectivity index (χ4n) is 7.82. The average molecular weight is 815 g/mol. The summed E-state index contributed by atoms with van der Waals surface area (Å²) in [6, 6.07) is 39.3. The predicted molar refractivity (Wildman–Crippen MR) is 258 cm³/mol. The Morgan fingerprint density at radius 1 is 0.607 bits per heavy atom. The number of benzene rings is 6. The molecule has 6 aromatic carbocycles. The SMILES string of the molecule is [2H]C([2H])([2H])c1cc(-c2cc(C(C)C)cc(C([2H])(C)C)c2)ccc1-n1c(-c2ccccc2O)nc2c(-c3cc(-c4cc(-c5ccc(C(C([2H])([2H])[2H])(C([2H])([2H])[2H])C([2H])([2H])[2H])cc5)ccn4)cc(C(C)(C)C)c3)cccc21. The van der Waals surface area contributed by atoms with Gasteiger partial charge in [0.1, 0.15) is 11.6 Å². The van der Waals surface area contributed by atoms with Crippen molar-refractivity contribution in [3.05, 3.63) is 167 Å². The number of hydrogen-bond donors (Lipinski definition) is 1. The van der Waals surface area contributed by atoms with Gasteiger partial charge in [-0.15, -0.1) is 0 Å². The standard InChI is InChI=1S/C57H59N3O/c1-35(2)41-28-42(36(3)4)30-43(29-41)39-21-24-51(37(5)27-39)60-52-17-14-16-48(54(52)59-55(60)49-15-12-13-18-53(49)61)44-31-45(33-47(32-44)57(9,10)11)50-34-40(25-26-58-50)38-19-22-46(23-20-38)56(6,7)8/h12-36,61H,1-11H3/i5D3,6D3,7D3,8D3,35D. The molecule has 1 N–H and O–H groups in total. The number of aromatic nitrogens is 3. The molecule has 0 aliphatic rings. The van der Waals surface area contributed by atoms with Crippen LogP contribution in [0.2, 0.25) is 0 Å². The van der Waals surface area contributed by atoms with Crippen LogP contribution in [0.15, 0.2) is 140 Å². The summed E-state index contributed by atoms with van der Waals surface area (Å²) in [6.07, 6.45) is 1.63. The molecular weight excluding hydrogens is 743 g/mol. The number of nitrogens with zero attached hydrogens (tertiary/aromatic N) is 3. The normalized spacial score (nSPS) is 16.4. The Balaban J connectivity index is 1.31. The summed E-state index contributed by atoms with van der Waals surface area (Å²) in [7, 11) is 0.